The number of carbonyl (C=O) groups excluding carboxylic acids is 1. The zero-order chi connectivity index (χ0) is 26.0. The van der Waals surface area contributed by atoms with Crippen molar-refractivity contribution in [3.05, 3.63) is 41.5 Å². The fourth-order valence-electron chi connectivity index (χ4n) is 5.08. The van der Waals surface area contributed by atoms with Gasteiger partial charge in [0.25, 0.3) is 0 Å². The molecule has 2 saturated heterocycles. The monoisotopic (exact) mass is 537 g/mol. The first kappa shape index (κ1) is 27.4. The van der Waals surface area contributed by atoms with Crippen LogP contribution in [0.1, 0.15) is 24.5 Å². The third kappa shape index (κ3) is 5.59. The summed E-state index contributed by atoms with van der Waals surface area (Å²) in [6.45, 7) is 2.66. The highest BCUT2D eigenvalue weighted by Gasteiger charge is 2.49. The maximum Gasteiger partial charge on any atom is 0.240 e. The van der Waals surface area contributed by atoms with Gasteiger partial charge in [-0.1, -0.05) is 18.2 Å². The summed E-state index contributed by atoms with van der Waals surface area (Å²) >= 11 is 7.60. The molecule has 9 nitrogen and oxygen atoms in total. The van der Waals surface area contributed by atoms with E-state index in [9.17, 15) is 20.1 Å². The van der Waals surface area contributed by atoms with Crippen LogP contribution >= 0.6 is 23.4 Å². The number of halogens is 1. The summed E-state index contributed by atoms with van der Waals surface area (Å²) < 4.78 is 12.0. The zero-order valence-corrected chi connectivity index (χ0v) is 21.7. The molecule has 11 heteroatoms. The highest BCUT2D eigenvalue weighted by Crippen LogP contribution is 2.32. The first-order valence-electron chi connectivity index (χ1n) is 12.0. The molecule has 1 aromatic carbocycles. The summed E-state index contributed by atoms with van der Waals surface area (Å²) in [7, 11) is 0. The van der Waals surface area contributed by atoms with Crippen LogP contribution < -0.4 is 10.6 Å². The van der Waals surface area contributed by atoms with E-state index in [1.807, 2.05) is 12.1 Å². The van der Waals surface area contributed by atoms with Crippen molar-refractivity contribution in [3.8, 4) is 6.07 Å². The van der Waals surface area contributed by atoms with Crippen LogP contribution in [0.3, 0.4) is 0 Å². The van der Waals surface area contributed by atoms with Gasteiger partial charge in [-0.05, 0) is 42.9 Å². The maximum atomic E-state index is 13.4. The average Bonchev–Trinajstić information content (AvgIpc) is 3.16. The summed E-state index contributed by atoms with van der Waals surface area (Å²) in [6, 6.07) is 8.09. The highest BCUT2D eigenvalue weighted by molar-refractivity contribution is 7.99. The summed E-state index contributed by atoms with van der Waals surface area (Å²) in [5, 5.41) is 45.6. The van der Waals surface area contributed by atoms with Crippen molar-refractivity contribution in [2.75, 3.05) is 19.4 Å². The molecule has 4 rings (SSSR count). The van der Waals surface area contributed by atoms with Crippen molar-refractivity contribution in [3.63, 3.8) is 0 Å². The van der Waals surface area contributed by atoms with E-state index >= 15 is 0 Å². The summed E-state index contributed by atoms with van der Waals surface area (Å²) in [4.78, 5) is 13.4. The standard InChI is InChI=1S/C25H32ClN3O6S/c1-12(26)17(23-20(31)19(30)21(32)25(35-23)36-2)29-24(33)18-22-16(11-28-18)9-15(7-8-34-22)14-5-3-13(10-27)4-6-14/h3-6,9,12,16-23,25,28,30-32H,7-8,11H2,1-2H3,(H,29,33). The van der Waals surface area contributed by atoms with Crippen LogP contribution in [0.2, 0.25) is 0 Å². The lowest BCUT2D eigenvalue weighted by Crippen LogP contribution is -2.65. The minimum Gasteiger partial charge on any atom is -0.388 e. The Balaban J connectivity index is 1.47. The number of fused-ring (bicyclic) bond motifs is 1. The van der Waals surface area contributed by atoms with Crippen molar-refractivity contribution in [2.45, 2.75) is 66.8 Å². The molecule has 3 aliphatic heterocycles. The lowest BCUT2D eigenvalue weighted by molar-refractivity contribution is -0.205. The number of rotatable bonds is 6. The van der Waals surface area contributed by atoms with Crippen LogP contribution in [0.4, 0.5) is 0 Å². The third-order valence-corrected chi connectivity index (χ3v) is 8.21. The van der Waals surface area contributed by atoms with Crippen molar-refractivity contribution < 1.29 is 29.6 Å². The number of nitrogens with zero attached hydrogens (tertiary/aromatic N) is 1. The average molecular weight is 538 g/mol. The van der Waals surface area contributed by atoms with Crippen LogP contribution in [-0.4, -0.2) is 94.1 Å². The fourth-order valence-corrected chi connectivity index (χ4v) is 5.97. The van der Waals surface area contributed by atoms with Crippen molar-refractivity contribution in [1.29, 1.82) is 5.26 Å². The lowest BCUT2D eigenvalue weighted by Gasteiger charge is -2.44. The Morgan fingerprint density at radius 1 is 1.25 bits per heavy atom. The van der Waals surface area contributed by atoms with Crippen molar-refractivity contribution in [1.82, 2.24) is 10.6 Å². The normalized spacial score (nSPS) is 36.1. The van der Waals surface area contributed by atoms with Gasteiger partial charge in [-0.2, -0.15) is 5.26 Å². The molecule has 0 aliphatic carbocycles. The number of carbonyl (C=O) groups is 1. The number of amides is 1. The van der Waals surface area contributed by atoms with E-state index in [0.29, 0.717) is 25.1 Å². The minimum atomic E-state index is -1.43. The largest absolute Gasteiger partial charge is 0.388 e. The number of ether oxygens (including phenoxy) is 2. The quantitative estimate of drug-likeness (QED) is 0.329. The Bertz CT molecular complexity index is 1000. The molecular weight excluding hydrogens is 506 g/mol. The van der Waals surface area contributed by atoms with Gasteiger partial charge in [0.05, 0.1) is 35.8 Å². The molecule has 0 radical (unpaired) electrons. The SMILES string of the molecule is CSC1OC(C(NC(=O)C2NCC3C=C(c4ccc(C#N)cc4)CCOC32)C(C)Cl)C(O)C(O)C1O. The van der Waals surface area contributed by atoms with Gasteiger partial charge in [0.2, 0.25) is 5.91 Å². The smallest absolute Gasteiger partial charge is 0.240 e. The van der Waals surface area contributed by atoms with Gasteiger partial charge in [0, 0.05) is 12.5 Å². The van der Waals surface area contributed by atoms with Gasteiger partial charge < -0.3 is 35.4 Å². The van der Waals surface area contributed by atoms with Crippen molar-refractivity contribution in [2.24, 2.45) is 5.92 Å². The Kier molecular flexibility index (Phi) is 8.96. The minimum absolute atomic E-state index is 0.0323. The number of nitriles is 1. The molecule has 0 saturated carbocycles. The maximum absolute atomic E-state index is 13.4. The highest BCUT2D eigenvalue weighted by atomic mass is 35.5. The Hall–Kier alpha value is -1.68. The van der Waals surface area contributed by atoms with Gasteiger partial charge in [0.15, 0.2) is 0 Å². The Labute approximate surface area is 219 Å². The Morgan fingerprint density at radius 2 is 1.97 bits per heavy atom. The molecule has 1 amide bonds. The molecule has 3 heterocycles. The molecule has 10 unspecified atom stereocenters. The van der Waals surface area contributed by atoms with E-state index in [-0.39, 0.29) is 11.8 Å². The molecule has 2 fully saturated rings. The zero-order valence-electron chi connectivity index (χ0n) is 20.1. The molecular formula is C25H32ClN3O6S. The van der Waals surface area contributed by atoms with E-state index in [2.05, 4.69) is 22.8 Å². The molecule has 1 aromatic rings. The number of nitrogens with one attached hydrogen (secondary N) is 2. The van der Waals surface area contributed by atoms with E-state index in [4.69, 9.17) is 26.3 Å². The second kappa shape index (κ2) is 11.8. The number of aliphatic hydroxyl groups excluding tert-OH is 3. The van der Waals surface area contributed by atoms with Crippen LogP contribution in [0, 0.1) is 17.2 Å². The van der Waals surface area contributed by atoms with Gasteiger partial charge in [-0.15, -0.1) is 23.4 Å². The van der Waals surface area contributed by atoms with Crippen molar-refractivity contribution >= 4 is 34.8 Å². The van der Waals surface area contributed by atoms with Crippen LogP contribution in [0.5, 0.6) is 0 Å². The van der Waals surface area contributed by atoms with E-state index in [0.717, 1.165) is 11.1 Å². The molecule has 10 atom stereocenters. The number of alkyl halides is 1. The van der Waals surface area contributed by atoms with Gasteiger partial charge in [0.1, 0.15) is 35.9 Å². The topological polar surface area (TPSA) is 144 Å². The summed E-state index contributed by atoms with van der Waals surface area (Å²) in [5.41, 5.74) is 1.96. The first-order valence-corrected chi connectivity index (χ1v) is 13.7. The number of thioether (sulfide) groups is 1. The fraction of sp³-hybridized carbons (Fsp3) is 0.600. The van der Waals surface area contributed by atoms with Crippen LogP contribution in [0.25, 0.3) is 5.57 Å². The molecule has 0 aromatic heterocycles. The van der Waals surface area contributed by atoms with Crippen LogP contribution in [-0.2, 0) is 14.3 Å². The molecule has 0 spiro atoms. The van der Waals surface area contributed by atoms with E-state index in [1.165, 1.54) is 11.8 Å². The second-order valence-electron chi connectivity index (χ2n) is 9.40. The molecule has 3 aliphatic rings. The van der Waals surface area contributed by atoms with Gasteiger partial charge in [-0.25, -0.2) is 0 Å². The molecule has 0 bridgehead atoms. The molecule has 5 N–H and O–H groups in total. The van der Waals surface area contributed by atoms with Crippen LogP contribution in [0.15, 0.2) is 30.3 Å². The number of hydrogen-bond acceptors (Lipinski definition) is 9. The number of aliphatic hydroxyl groups is 3. The predicted molar refractivity (Wildman–Crippen MR) is 136 cm³/mol. The third-order valence-electron chi connectivity index (χ3n) is 7.08. The van der Waals surface area contributed by atoms with E-state index in [1.54, 1.807) is 25.3 Å². The molecule has 196 valence electrons. The predicted octanol–water partition coefficient (Wildman–Crippen LogP) is 0.601. The van der Waals surface area contributed by atoms with Gasteiger partial charge in [-0.3, -0.25) is 4.79 Å². The second-order valence-corrected chi connectivity index (χ2v) is 11.0. The first-order chi connectivity index (χ1) is 17.2. The Morgan fingerprint density at radius 3 is 2.61 bits per heavy atom. The summed E-state index contributed by atoms with van der Waals surface area (Å²) in [5.74, 6) is -0.373. The molecule has 36 heavy (non-hydrogen) atoms. The summed E-state index contributed by atoms with van der Waals surface area (Å²) in [6.07, 6.45) is -0.973. The number of benzene rings is 1. The van der Waals surface area contributed by atoms with E-state index < -0.39 is 53.4 Å². The van der Waals surface area contributed by atoms with Gasteiger partial charge >= 0.3 is 0 Å². The lowest BCUT2D eigenvalue weighted by atomic mass is 9.92. The number of hydrogen-bond donors (Lipinski definition) is 5.